The van der Waals surface area contributed by atoms with Gasteiger partial charge >= 0.3 is 0 Å². The van der Waals surface area contributed by atoms with Gasteiger partial charge in [0.25, 0.3) is 10.0 Å². The molecule has 3 aromatic rings. The molecule has 0 saturated carbocycles. The number of aromatic amines is 1. The fourth-order valence-corrected chi connectivity index (χ4v) is 3.31. The number of benzene rings is 2. The highest BCUT2D eigenvalue weighted by Gasteiger charge is 2.16. The first-order valence-electron chi connectivity index (χ1n) is 6.56. The van der Waals surface area contributed by atoms with Crippen LogP contribution < -0.4 is 4.72 Å². The number of nitrogens with zero attached hydrogens (tertiary/aromatic N) is 2. The highest BCUT2D eigenvalue weighted by molar-refractivity contribution is 7.92. The molecule has 23 heavy (non-hydrogen) atoms. The SMILES string of the molecule is [C-]#[N+]c1ccc(S(=O)(=O)Nc2cccc3c(C#N)c[nH]c23)cc1. The van der Waals surface area contributed by atoms with Crippen LogP contribution in [0.4, 0.5) is 11.4 Å². The van der Waals surface area contributed by atoms with Crippen LogP contribution in [0.3, 0.4) is 0 Å². The Morgan fingerprint density at radius 3 is 2.57 bits per heavy atom. The van der Waals surface area contributed by atoms with Gasteiger partial charge in [-0.2, -0.15) is 5.26 Å². The smallest absolute Gasteiger partial charge is 0.261 e. The van der Waals surface area contributed by atoms with Crippen LogP contribution in [0, 0.1) is 17.9 Å². The minimum Gasteiger partial charge on any atom is -0.358 e. The zero-order valence-corrected chi connectivity index (χ0v) is 12.6. The van der Waals surface area contributed by atoms with Crippen molar-refractivity contribution >= 4 is 32.3 Å². The summed E-state index contributed by atoms with van der Waals surface area (Å²) in [7, 11) is -3.78. The molecule has 0 amide bonds. The number of nitriles is 1. The lowest BCUT2D eigenvalue weighted by Gasteiger charge is -2.09. The molecule has 3 rings (SSSR count). The van der Waals surface area contributed by atoms with Gasteiger partial charge < -0.3 is 4.98 Å². The first kappa shape index (κ1) is 14.6. The largest absolute Gasteiger partial charge is 0.358 e. The van der Waals surface area contributed by atoms with Crippen LogP contribution in [-0.2, 0) is 10.0 Å². The third-order valence-electron chi connectivity index (χ3n) is 3.36. The van der Waals surface area contributed by atoms with Gasteiger partial charge in [-0.15, -0.1) is 0 Å². The third-order valence-corrected chi connectivity index (χ3v) is 4.74. The second-order valence-electron chi connectivity index (χ2n) is 4.75. The van der Waals surface area contributed by atoms with E-state index in [1.165, 1.54) is 30.5 Å². The van der Waals surface area contributed by atoms with Crippen molar-refractivity contribution in [2.24, 2.45) is 0 Å². The Kier molecular flexibility index (Phi) is 3.49. The summed E-state index contributed by atoms with van der Waals surface area (Å²) in [6.07, 6.45) is 1.53. The lowest BCUT2D eigenvalue weighted by Crippen LogP contribution is -2.13. The first-order valence-corrected chi connectivity index (χ1v) is 8.04. The number of aromatic nitrogens is 1. The summed E-state index contributed by atoms with van der Waals surface area (Å²) in [5, 5.41) is 9.69. The van der Waals surface area contributed by atoms with E-state index >= 15 is 0 Å². The molecule has 6 nitrogen and oxygen atoms in total. The van der Waals surface area contributed by atoms with Crippen LogP contribution in [0.15, 0.2) is 53.6 Å². The number of rotatable bonds is 3. The van der Waals surface area contributed by atoms with Gasteiger partial charge in [-0.1, -0.05) is 36.4 Å². The number of para-hydroxylation sites is 1. The molecule has 0 unspecified atom stereocenters. The molecule has 0 radical (unpaired) electrons. The van der Waals surface area contributed by atoms with Crippen LogP contribution >= 0.6 is 0 Å². The van der Waals surface area contributed by atoms with Crippen molar-refractivity contribution in [3.63, 3.8) is 0 Å². The van der Waals surface area contributed by atoms with E-state index in [1.807, 2.05) is 6.07 Å². The lowest BCUT2D eigenvalue weighted by molar-refractivity contribution is 0.601. The molecule has 0 aliphatic heterocycles. The second kappa shape index (κ2) is 5.48. The average molecular weight is 322 g/mol. The minimum absolute atomic E-state index is 0.0639. The molecule has 0 aliphatic rings. The molecular weight excluding hydrogens is 312 g/mol. The Morgan fingerprint density at radius 1 is 1.17 bits per heavy atom. The molecular formula is C16H10N4O2S. The summed E-state index contributed by atoms with van der Waals surface area (Å²) in [5.41, 5.74) is 1.72. The number of sulfonamides is 1. The number of hydrogen-bond donors (Lipinski definition) is 2. The van der Waals surface area contributed by atoms with Crippen molar-refractivity contribution in [1.29, 1.82) is 5.26 Å². The zero-order valence-electron chi connectivity index (χ0n) is 11.7. The van der Waals surface area contributed by atoms with Gasteiger partial charge in [0.05, 0.1) is 28.2 Å². The van der Waals surface area contributed by atoms with Gasteiger partial charge in [-0.05, 0) is 6.07 Å². The fraction of sp³-hybridized carbons (Fsp3) is 0. The molecule has 0 bridgehead atoms. The molecule has 1 heterocycles. The summed E-state index contributed by atoms with van der Waals surface area (Å²) in [6.45, 7) is 6.89. The van der Waals surface area contributed by atoms with E-state index in [1.54, 1.807) is 18.2 Å². The van der Waals surface area contributed by atoms with Gasteiger partial charge in [-0.3, -0.25) is 4.72 Å². The van der Waals surface area contributed by atoms with E-state index in [0.29, 0.717) is 27.8 Å². The first-order chi connectivity index (χ1) is 11.0. The second-order valence-corrected chi connectivity index (χ2v) is 6.44. The lowest BCUT2D eigenvalue weighted by atomic mass is 10.2. The standard InChI is InChI=1S/C16H10N4O2S/c1-18-12-5-7-13(8-6-12)23(21,22)20-15-4-2-3-14-11(9-17)10-19-16(14)15/h2-8,10,19-20H. The number of fused-ring (bicyclic) bond motifs is 1. The van der Waals surface area contributed by atoms with Crippen LogP contribution in [0.25, 0.3) is 15.7 Å². The molecule has 7 heteroatoms. The Balaban J connectivity index is 2.02. The molecule has 0 fully saturated rings. The van der Waals surface area contributed by atoms with Gasteiger partial charge in [0.2, 0.25) is 0 Å². The summed E-state index contributed by atoms with van der Waals surface area (Å²) < 4.78 is 27.4. The molecule has 0 aliphatic carbocycles. The Bertz CT molecular complexity index is 1070. The van der Waals surface area contributed by atoms with Gasteiger partial charge in [0.15, 0.2) is 5.69 Å². The summed E-state index contributed by atoms with van der Waals surface area (Å²) in [4.78, 5) is 6.20. The number of nitrogens with one attached hydrogen (secondary N) is 2. The summed E-state index contributed by atoms with van der Waals surface area (Å²) >= 11 is 0. The Morgan fingerprint density at radius 2 is 1.91 bits per heavy atom. The van der Waals surface area contributed by atoms with Crippen LogP contribution in [0.5, 0.6) is 0 Å². The third kappa shape index (κ3) is 2.61. The maximum Gasteiger partial charge on any atom is 0.261 e. The predicted octanol–water partition coefficient (Wildman–Crippen LogP) is 3.39. The van der Waals surface area contributed by atoms with Crippen LogP contribution in [0.1, 0.15) is 5.56 Å². The maximum absolute atomic E-state index is 12.5. The summed E-state index contributed by atoms with van der Waals surface area (Å²) in [5.74, 6) is 0. The van der Waals surface area contributed by atoms with Crippen molar-refractivity contribution in [3.8, 4) is 6.07 Å². The molecule has 0 spiro atoms. The number of anilines is 1. The van der Waals surface area contributed by atoms with Gasteiger partial charge in [0.1, 0.15) is 6.07 Å². The van der Waals surface area contributed by atoms with Crippen LogP contribution in [-0.4, -0.2) is 13.4 Å². The van der Waals surface area contributed by atoms with Crippen molar-refractivity contribution in [3.05, 3.63) is 65.6 Å². The predicted molar refractivity (Wildman–Crippen MR) is 86.5 cm³/mol. The fourth-order valence-electron chi connectivity index (χ4n) is 2.24. The normalized spacial score (nSPS) is 10.9. The highest BCUT2D eigenvalue weighted by Crippen LogP contribution is 2.27. The van der Waals surface area contributed by atoms with E-state index in [4.69, 9.17) is 11.8 Å². The van der Waals surface area contributed by atoms with E-state index < -0.39 is 10.0 Å². The Labute approximate surface area is 132 Å². The monoisotopic (exact) mass is 322 g/mol. The zero-order chi connectivity index (χ0) is 16.4. The van der Waals surface area contributed by atoms with Crippen LogP contribution in [0.2, 0.25) is 0 Å². The molecule has 0 saturated heterocycles. The van der Waals surface area contributed by atoms with E-state index in [2.05, 4.69) is 14.6 Å². The van der Waals surface area contributed by atoms with E-state index in [0.717, 1.165) is 0 Å². The Hall–Kier alpha value is -3.29. The molecule has 0 atom stereocenters. The number of H-pyrrole nitrogens is 1. The minimum atomic E-state index is -3.78. The number of hydrogen-bond acceptors (Lipinski definition) is 3. The molecule has 1 aromatic heterocycles. The molecule has 112 valence electrons. The molecule has 2 aromatic carbocycles. The average Bonchev–Trinajstić information content (AvgIpc) is 2.99. The maximum atomic E-state index is 12.5. The van der Waals surface area contributed by atoms with Crippen molar-refractivity contribution < 1.29 is 8.42 Å². The van der Waals surface area contributed by atoms with Crippen molar-refractivity contribution in [1.82, 2.24) is 4.98 Å². The van der Waals surface area contributed by atoms with E-state index in [-0.39, 0.29) is 4.90 Å². The van der Waals surface area contributed by atoms with Crippen molar-refractivity contribution in [2.75, 3.05) is 4.72 Å². The topological polar surface area (TPSA) is 90.1 Å². The summed E-state index contributed by atoms with van der Waals surface area (Å²) in [6, 6.07) is 12.7. The highest BCUT2D eigenvalue weighted by atomic mass is 32.2. The van der Waals surface area contributed by atoms with Gasteiger partial charge in [-0.25, -0.2) is 13.3 Å². The van der Waals surface area contributed by atoms with Gasteiger partial charge in [0, 0.05) is 11.6 Å². The molecule has 2 N–H and O–H groups in total. The quantitative estimate of drug-likeness (QED) is 0.724. The van der Waals surface area contributed by atoms with E-state index in [9.17, 15) is 8.42 Å². The van der Waals surface area contributed by atoms with Crippen molar-refractivity contribution in [2.45, 2.75) is 4.90 Å².